The first-order valence-electron chi connectivity index (χ1n) is 3.45. The topological polar surface area (TPSA) is 33.0 Å². The first kappa shape index (κ1) is 8.54. The number of nitriles is 1. The maximum Gasteiger partial charge on any atom is 0.211 e. The van der Waals surface area contributed by atoms with Gasteiger partial charge in [0, 0.05) is 5.56 Å². The fraction of sp³-hybridized carbons (Fsp3) is 0.222. The number of halogens is 1. The molecule has 62 valence electrons. The molecule has 1 atom stereocenters. The smallest absolute Gasteiger partial charge is 0.211 e. The van der Waals surface area contributed by atoms with E-state index in [-0.39, 0.29) is 0 Å². The second kappa shape index (κ2) is 3.72. The molecule has 2 nitrogen and oxygen atoms in total. The molecule has 0 aromatic heterocycles. The predicted octanol–water partition coefficient (Wildman–Crippen LogP) is 2.23. The minimum Gasteiger partial charge on any atom is -0.497 e. The molecule has 0 fully saturated rings. The minimum absolute atomic E-state index is 0.330. The standard InChI is InChI=1S/C9H8FNO/c1-12-8-4-2-3-7(5-8)9(10)6-11/h2-5,9H,1H3. The van der Waals surface area contributed by atoms with Crippen molar-refractivity contribution < 1.29 is 9.13 Å². The number of ether oxygens (including phenoxy) is 1. The average Bonchev–Trinajstić information content (AvgIpc) is 2.17. The van der Waals surface area contributed by atoms with Gasteiger partial charge in [0.05, 0.1) is 7.11 Å². The second-order valence-electron chi connectivity index (χ2n) is 2.27. The number of alkyl halides is 1. The van der Waals surface area contributed by atoms with Crippen molar-refractivity contribution in [2.24, 2.45) is 0 Å². The summed E-state index contributed by atoms with van der Waals surface area (Å²) in [6.45, 7) is 0. The van der Waals surface area contributed by atoms with Crippen LogP contribution in [0.2, 0.25) is 0 Å². The first-order chi connectivity index (χ1) is 5.77. The summed E-state index contributed by atoms with van der Waals surface area (Å²) >= 11 is 0. The highest BCUT2D eigenvalue weighted by molar-refractivity contribution is 5.31. The number of hydrogen-bond donors (Lipinski definition) is 0. The highest BCUT2D eigenvalue weighted by atomic mass is 19.1. The SMILES string of the molecule is COc1cccc(C(F)C#N)c1. The van der Waals surface area contributed by atoms with E-state index in [1.165, 1.54) is 19.2 Å². The molecule has 0 aliphatic heterocycles. The summed E-state index contributed by atoms with van der Waals surface area (Å²) in [6, 6.07) is 7.92. The maximum atomic E-state index is 12.8. The van der Waals surface area contributed by atoms with Gasteiger partial charge in [0.15, 0.2) is 0 Å². The lowest BCUT2D eigenvalue weighted by atomic mass is 10.1. The normalized spacial score (nSPS) is 11.8. The van der Waals surface area contributed by atoms with Crippen LogP contribution in [0, 0.1) is 11.3 Å². The molecule has 0 amide bonds. The molecule has 1 aromatic rings. The van der Waals surface area contributed by atoms with Crippen LogP contribution in [-0.2, 0) is 0 Å². The number of hydrogen-bond acceptors (Lipinski definition) is 2. The average molecular weight is 165 g/mol. The summed E-state index contributed by atoms with van der Waals surface area (Å²) in [7, 11) is 1.50. The third kappa shape index (κ3) is 1.73. The molecule has 0 aliphatic rings. The van der Waals surface area contributed by atoms with Gasteiger partial charge in [0.25, 0.3) is 0 Å². The van der Waals surface area contributed by atoms with Crippen molar-refractivity contribution in [2.45, 2.75) is 6.17 Å². The molecule has 0 saturated heterocycles. The van der Waals surface area contributed by atoms with E-state index >= 15 is 0 Å². The molecule has 1 aromatic carbocycles. The van der Waals surface area contributed by atoms with E-state index in [2.05, 4.69) is 0 Å². The highest BCUT2D eigenvalue weighted by Gasteiger charge is 2.07. The Labute approximate surface area is 70.2 Å². The molecule has 0 N–H and O–H groups in total. The van der Waals surface area contributed by atoms with Crippen molar-refractivity contribution in [1.82, 2.24) is 0 Å². The van der Waals surface area contributed by atoms with E-state index in [1.54, 1.807) is 18.2 Å². The lowest BCUT2D eigenvalue weighted by molar-refractivity contribution is 0.403. The maximum absolute atomic E-state index is 12.8. The Balaban J connectivity index is 2.95. The number of methoxy groups -OCH3 is 1. The zero-order valence-electron chi connectivity index (χ0n) is 6.62. The van der Waals surface area contributed by atoms with Crippen LogP contribution in [0.3, 0.4) is 0 Å². The van der Waals surface area contributed by atoms with E-state index in [0.717, 1.165) is 0 Å². The molecule has 0 aliphatic carbocycles. The lowest BCUT2D eigenvalue weighted by Crippen LogP contribution is -1.89. The fourth-order valence-electron chi connectivity index (χ4n) is 0.874. The van der Waals surface area contributed by atoms with Crippen LogP contribution in [0.25, 0.3) is 0 Å². The quantitative estimate of drug-likeness (QED) is 0.673. The van der Waals surface area contributed by atoms with Gasteiger partial charge in [-0.2, -0.15) is 5.26 Å². The van der Waals surface area contributed by atoms with E-state index in [9.17, 15) is 4.39 Å². The monoisotopic (exact) mass is 165 g/mol. The molecule has 0 bridgehead atoms. The van der Waals surface area contributed by atoms with Gasteiger partial charge in [-0.3, -0.25) is 0 Å². The Morgan fingerprint density at radius 3 is 2.92 bits per heavy atom. The molecular weight excluding hydrogens is 157 g/mol. The summed E-state index contributed by atoms with van der Waals surface area (Å²) in [6.07, 6.45) is -1.57. The summed E-state index contributed by atoms with van der Waals surface area (Å²) < 4.78 is 17.6. The van der Waals surface area contributed by atoms with Gasteiger partial charge in [-0.15, -0.1) is 0 Å². The highest BCUT2D eigenvalue weighted by Crippen LogP contribution is 2.20. The van der Waals surface area contributed by atoms with E-state index in [0.29, 0.717) is 11.3 Å². The zero-order valence-corrected chi connectivity index (χ0v) is 6.62. The van der Waals surface area contributed by atoms with Crippen molar-refractivity contribution >= 4 is 0 Å². The summed E-state index contributed by atoms with van der Waals surface area (Å²) in [5, 5.41) is 8.29. The van der Waals surface area contributed by atoms with E-state index < -0.39 is 6.17 Å². The van der Waals surface area contributed by atoms with Gasteiger partial charge >= 0.3 is 0 Å². The van der Waals surface area contributed by atoms with Crippen molar-refractivity contribution in [3.8, 4) is 11.8 Å². The van der Waals surface area contributed by atoms with Gasteiger partial charge in [-0.25, -0.2) is 4.39 Å². The fourth-order valence-corrected chi connectivity index (χ4v) is 0.874. The van der Waals surface area contributed by atoms with Gasteiger partial charge < -0.3 is 4.74 Å². The molecule has 3 heteroatoms. The van der Waals surface area contributed by atoms with Crippen molar-refractivity contribution in [3.05, 3.63) is 29.8 Å². The summed E-state index contributed by atoms with van der Waals surface area (Å²) in [4.78, 5) is 0. The van der Waals surface area contributed by atoms with Gasteiger partial charge in [-0.1, -0.05) is 12.1 Å². The molecule has 1 rings (SSSR count). The number of nitrogens with zero attached hydrogens (tertiary/aromatic N) is 1. The van der Waals surface area contributed by atoms with Crippen LogP contribution >= 0.6 is 0 Å². The molecule has 0 heterocycles. The summed E-state index contributed by atoms with van der Waals surface area (Å²) in [5.41, 5.74) is 0.330. The molecule has 0 radical (unpaired) electrons. The Kier molecular flexibility index (Phi) is 2.65. The van der Waals surface area contributed by atoms with Gasteiger partial charge in [-0.05, 0) is 12.1 Å². The summed E-state index contributed by atoms with van der Waals surface area (Å²) in [5.74, 6) is 0.561. The zero-order chi connectivity index (χ0) is 8.97. The van der Waals surface area contributed by atoms with E-state index in [1.807, 2.05) is 0 Å². The largest absolute Gasteiger partial charge is 0.497 e. The van der Waals surface area contributed by atoms with Crippen LogP contribution in [0.4, 0.5) is 4.39 Å². The van der Waals surface area contributed by atoms with Crippen molar-refractivity contribution in [2.75, 3.05) is 7.11 Å². The molecule has 0 saturated carbocycles. The van der Waals surface area contributed by atoms with Gasteiger partial charge in [0.2, 0.25) is 6.17 Å². The molecule has 0 spiro atoms. The third-order valence-corrected chi connectivity index (χ3v) is 1.50. The first-order valence-corrected chi connectivity index (χ1v) is 3.45. The predicted molar refractivity (Wildman–Crippen MR) is 42.5 cm³/mol. The Hall–Kier alpha value is -1.56. The Bertz CT molecular complexity index is 306. The molecular formula is C9H8FNO. The van der Waals surface area contributed by atoms with Crippen molar-refractivity contribution in [3.63, 3.8) is 0 Å². The number of benzene rings is 1. The van der Waals surface area contributed by atoms with Crippen LogP contribution in [-0.4, -0.2) is 7.11 Å². The van der Waals surface area contributed by atoms with Gasteiger partial charge in [0.1, 0.15) is 11.8 Å². The lowest BCUT2D eigenvalue weighted by Gasteiger charge is -2.02. The minimum atomic E-state index is -1.57. The molecule has 1 unspecified atom stereocenters. The van der Waals surface area contributed by atoms with E-state index in [4.69, 9.17) is 10.00 Å². The van der Waals surface area contributed by atoms with Crippen molar-refractivity contribution in [1.29, 1.82) is 5.26 Å². The molecule has 12 heavy (non-hydrogen) atoms. The van der Waals surface area contributed by atoms with Crippen LogP contribution in [0.1, 0.15) is 11.7 Å². The number of rotatable bonds is 2. The van der Waals surface area contributed by atoms with Crippen LogP contribution in [0.5, 0.6) is 5.75 Å². The van der Waals surface area contributed by atoms with Crippen LogP contribution < -0.4 is 4.74 Å². The second-order valence-corrected chi connectivity index (χ2v) is 2.27. The Morgan fingerprint density at radius 1 is 1.58 bits per heavy atom. The Morgan fingerprint density at radius 2 is 2.33 bits per heavy atom. The third-order valence-electron chi connectivity index (χ3n) is 1.50. The van der Waals surface area contributed by atoms with Crippen LogP contribution in [0.15, 0.2) is 24.3 Å².